The van der Waals surface area contributed by atoms with Gasteiger partial charge in [-0.25, -0.2) is 0 Å². The molecular weight excluding hydrogens is 484 g/mol. The van der Waals surface area contributed by atoms with Crippen molar-refractivity contribution in [1.82, 2.24) is 4.90 Å². The molecule has 0 saturated carbocycles. The van der Waals surface area contributed by atoms with E-state index in [4.69, 9.17) is 14.2 Å². The average Bonchev–Trinajstić information content (AvgIpc) is 3.14. The number of carbonyl (C=O) groups excluding carboxylic acids is 2. The van der Waals surface area contributed by atoms with Crippen LogP contribution in [0.2, 0.25) is 0 Å². The van der Waals surface area contributed by atoms with Crippen LogP contribution in [0.3, 0.4) is 0 Å². The van der Waals surface area contributed by atoms with Gasteiger partial charge in [0.05, 0.1) is 47.0 Å². The van der Waals surface area contributed by atoms with Gasteiger partial charge < -0.3 is 29.1 Å². The highest BCUT2D eigenvalue weighted by atomic mass is 16.5. The van der Waals surface area contributed by atoms with Crippen LogP contribution in [-0.4, -0.2) is 64.1 Å². The number of quaternary nitrogens is 1. The summed E-state index contributed by atoms with van der Waals surface area (Å²) in [5.74, 6) is -0.133. The van der Waals surface area contributed by atoms with E-state index in [9.17, 15) is 14.7 Å². The summed E-state index contributed by atoms with van der Waals surface area (Å²) in [6.07, 6.45) is 2.65. The summed E-state index contributed by atoms with van der Waals surface area (Å²) in [6, 6.07) is 9.61. The van der Waals surface area contributed by atoms with Crippen molar-refractivity contribution in [2.75, 3.05) is 47.5 Å². The van der Waals surface area contributed by atoms with Crippen LogP contribution in [0.1, 0.15) is 55.8 Å². The van der Waals surface area contributed by atoms with Gasteiger partial charge in [-0.05, 0) is 61.2 Å². The van der Waals surface area contributed by atoms with Crippen LogP contribution >= 0.6 is 0 Å². The number of carbonyl (C=O) groups is 2. The molecule has 1 atom stereocenters. The highest BCUT2D eigenvalue weighted by molar-refractivity contribution is 6.46. The highest BCUT2D eigenvalue weighted by Gasteiger charge is 2.44. The number of methoxy groups -OCH3 is 1. The second-order valence-corrected chi connectivity index (χ2v) is 9.81. The lowest BCUT2D eigenvalue weighted by Crippen LogP contribution is -3.05. The van der Waals surface area contributed by atoms with Crippen LogP contribution in [0.15, 0.2) is 42.0 Å². The molecule has 8 nitrogen and oxygen atoms in total. The number of rotatable bonds is 13. The van der Waals surface area contributed by atoms with Crippen molar-refractivity contribution >= 4 is 17.4 Å². The third-order valence-corrected chi connectivity index (χ3v) is 6.60. The van der Waals surface area contributed by atoms with Crippen molar-refractivity contribution in [1.29, 1.82) is 0 Å². The molecule has 1 N–H and O–H groups in total. The quantitative estimate of drug-likeness (QED) is 0.187. The molecule has 38 heavy (non-hydrogen) atoms. The maximum atomic E-state index is 13.8. The lowest BCUT2D eigenvalue weighted by Gasteiger charge is -2.28. The van der Waals surface area contributed by atoms with E-state index in [0.717, 1.165) is 24.9 Å². The van der Waals surface area contributed by atoms with Gasteiger partial charge in [0.2, 0.25) is 5.78 Å². The number of nitrogens with zero attached hydrogens (tertiary/aromatic N) is 1. The van der Waals surface area contributed by atoms with E-state index in [0.29, 0.717) is 54.6 Å². The number of amides is 1. The predicted molar refractivity (Wildman–Crippen MR) is 144 cm³/mol. The number of nitrogens with one attached hydrogen (secondary N) is 1. The summed E-state index contributed by atoms with van der Waals surface area (Å²) in [5, 5.41) is 13.8. The number of Topliss-reactive ketones (excluding diaryl/α,β-unsaturated/α-hetero) is 1. The smallest absolute Gasteiger partial charge is 0.295 e. The van der Waals surface area contributed by atoms with Crippen LogP contribution < -0.4 is 24.2 Å². The van der Waals surface area contributed by atoms with E-state index in [2.05, 4.69) is 6.92 Å². The number of hydrogen-bond donors (Lipinski definition) is 1. The summed E-state index contributed by atoms with van der Waals surface area (Å²) in [7, 11) is 5.60. The molecule has 2 aromatic carbocycles. The Morgan fingerprint density at radius 3 is 2.37 bits per heavy atom. The minimum atomic E-state index is -0.815. The first kappa shape index (κ1) is 29.0. The summed E-state index contributed by atoms with van der Waals surface area (Å²) in [6.45, 7) is 8.08. The van der Waals surface area contributed by atoms with E-state index < -0.39 is 23.5 Å². The number of hydrogen-bond acceptors (Lipinski definition) is 6. The minimum absolute atomic E-state index is 0.0440. The molecule has 0 radical (unpaired) electrons. The molecule has 3 rings (SSSR count). The number of likely N-dealkylation sites (tertiary alicyclic amines) is 1. The Labute approximate surface area is 225 Å². The van der Waals surface area contributed by atoms with E-state index in [-0.39, 0.29) is 5.57 Å². The van der Waals surface area contributed by atoms with Gasteiger partial charge in [-0.3, -0.25) is 9.59 Å². The summed E-state index contributed by atoms with van der Waals surface area (Å²) in [5.41, 5.74) is 1.73. The van der Waals surface area contributed by atoms with Crippen molar-refractivity contribution in [2.45, 2.75) is 46.1 Å². The largest absolute Gasteiger partial charge is 0.872 e. The molecule has 0 spiro atoms. The van der Waals surface area contributed by atoms with E-state index >= 15 is 0 Å². The Hall–Kier alpha value is -3.52. The molecule has 1 aliphatic rings. The first-order valence-corrected chi connectivity index (χ1v) is 13.3. The molecule has 2 aromatic rings. The average molecular weight is 525 g/mol. The molecule has 8 heteroatoms. The van der Waals surface area contributed by atoms with Crippen molar-refractivity contribution in [3.8, 4) is 17.2 Å². The van der Waals surface area contributed by atoms with Crippen LogP contribution in [0.4, 0.5) is 0 Å². The zero-order chi connectivity index (χ0) is 27.8. The maximum absolute atomic E-state index is 13.8. The van der Waals surface area contributed by atoms with Gasteiger partial charge in [0, 0.05) is 18.5 Å². The highest BCUT2D eigenvalue weighted by Crippen LogP contribution is 2.41. The molecule has 206 valence electrons. The second kappa shape index (κ2) is 13.3. The molecule has 0 aromatic heterocycles. The van der Waals surface area contributed by atoms with Crippen LogP contribution in [-0.2, 0) is 9.59 Å². The molecule has 1 amide bonds. The van der Waals surface area contributed by atoms with Gasteiger partial charge in [-0.2, -0.15) is 0 Å². The van der Waals surface area contributed by atoms with E-state index in [1.165, 1.54) is 16.9 Å². The SMILES string of the molecule is CCCCOc1ccc(C([O-])=C2C(=O)C(=O)N(CCC[NH+](C)C)C2c2ccc(OCC)c(OC)c2)cc1C. The van der Waals surface area contributed by atoms with Crippen LogP contribution in [0.5, 0.6) is 17.2 Å². The fourth-order valence-electron chi connectivity index (χ4n) is 4.61. The third-order valence-electron chi connectivity index (χ3n) is 6.60. The van der Waals surface area contributed by atoms with Crippen molar-refractivity contribution in [3.05, 3.63) is 58.7 Å². The number of unbranched alkanes of at least 4 members (excludes halogenated alkanes) is 1. The number of ether oxygens (including phenoxy) is 3. The molecular formula is C30H40N2O6. The molecule has 1 aliphatic heterocycles. The Morgan fingerprint density at radius 2 is 1.74 bits per heavy atom. The first-order chi connectivity index (χ1) is 18.2. The van der Waals surface area contributed by atoms with Gasteiger partial charge in [-0.15, -0.1) is 0 Å². The second-order valence-electron chi connectivity index (χ2n) is 9.81. The van der Waals surface area contributed by atoms with E-state index in [1.54, 1.807) is 36.4 Å². The zero-order valence-corrected chi connectivity index (χ0v) is 23.4. The Bertz CT molecular complexity index is 1170. The summed E-state index contributed by atoms with van der Waals surface area (Å²) < 4.78 is 17.0. The van der Waals surface area contributed by atoms with Gasteiger partial charge in [-0.1, -0.05) is 31.2 Å². The molecule has 1 heterocycles. The maximum Gasteiger partial charge on any atom is 0.295 e. The first-order valence-electron chi connectivity index (χ1n) is 13.3. The zero-order valence-electron chi connectivity index (χ0n) is 23.4. The lowest BCUT2D eigenvalue weighted by atomic mass is 9.94. The van der Waals surface area contributed by atoms with Gasteiger partial charge in [0.15, 0.2) is 11.5 Å². The van der Waals surface area contributed by atoms with Gasteiger partial charge in [0.1, 0.15) is 5.75 Å². The lowest BCUT2D eigenvalue weighted by molar-refractivity contribution is -0.858. The number of aryl methyl sites for hydroxylation is 1. The van der Waals surface area contributed by atoms with Gasteiger partial charge >= 0.3 is 0 Å². The third kappa shape index (κ3) is 6.48. The molecule has 1 unspecified atom stereocenters. The number of ketones is 1. The Kier molecular flexibility index (Phi) is 10.2. The normalized spacial score (nSPS) is 16.8. The van der Waals surface area contributed by atoms with Crippen molar-refractivity contribution < 1.29 is 33.8 Å². The minimum Gasteiger partial charge on any atom is -0.872 e. The Morgan fingerprint density at radius 1 is 1.00 bits per heavy atom. The predicted octanol–water partition coefficient (Wildman–Crippen LogP) is 2.34. The van der Waals surface area contributed by atoms with Crippen LogP contribution in [0, 0.1) is 6.92 Å². The molecule has 1 saturated heterocycles. The van der Waals surface area contributed by atoms with Crippen molar-refractivity contribution in [2.24, 2.45) is 0 Å². The molecule has 0 bridgehead atoms. The summed E-state index contributed by atoms with van der Waals surface area (Å²) in [4.78, 5) is 29.3. The van der Waals surface area contributed by atoms with Crippen LogP contribution in [0.25, 0.3) is 5.76 Å². The summed E-state index contributed by atoms with van der Waals surface area (Å²) >= 11 is 0. The molecule has 1 fully saturated rings. The fraction of sp³-hybridized carbons (Fsp3) is 0.467. The fourth-order valence-corrected chi connectivity index (χ4v) is 4.61. The standard InChI is InChI=1S/C30H40N2O6/c1-7-9-17-38-23-13-12-22(18-20(23)3)28(33)26-27(21-11-14-24(37-8-2)25(19-21)36-6)32(30(35)29(26)34)16-10-15-31(4)5/h11-14,18-19,27,33H,7-10,15-17H2,1-6H3. The van der Waals surface area contributed by atoms with Gasteiger partial charge in [0.25, 0.3) is 5.91 Å². The molecule has 0 aliphatic carbocycles. The Balaban J connectivity index is 2.09. The van der Waals surface area contributed by atoms with Crippen molar-refractivity contribution in [3.63, 3.8) is 0 Å². The van der Waals surface area contributed by atoms with E-state index in [1.807, 2.05) is 27.9 Å². The topological polar surface area (TPSA) is 92.6 Å². The monoisotopic (exact) mass is 524 g/mol. The number of benzene rings is 2.